The molecule has 0 heterocycles. The zero-order valence-electron chi connectivity index (χ0n) is 25.2. The Bertz CT molecular complexity index is 1630. The molecule has 2 saturated carbocycles. The van der Waals surface area contributed by atoms with Crippen LogP contribution < -0.4 is 5.30 Å². The summed E-state index contributed by atoms with van der Waals surface area (Å²) in [5, 5.41) is 0.520. The van der Waals surface area contributed by atoms with Gasteiger partial charge in [-0.15, -0.1) is 0 Å². The van der Waals surface area contributed by atoms with Gasteiger partial charge in [-0.1, -0.05) is 85.3 Å². The number of hydrogen-bond donors (Lipinski definition) is 0. The smallest absolute Gasteiger partial charge is 0.300 e. The molecule has 6 heteroatoms. The minimum absolute atomic E-state index is 0.0825. The Morgan fingerprint density at radius 1 is 0.773 bits per heavy atom. The Morgan fingerprint density at radius 2 is 1.41 bits per heavy atom. The van der Waals surface area contributed by atoms with E-state index < -0.39 is 7.60 Å². The number of carbonyl (C=O) groups excluding carboxylic acids is 2. The third-order valence-corrected chi connectivity index (χ3v) is 12.4. The minimum atomic E-state index is -3.68. The van der Waals surface area contributed by atoms with Crippen LogP contribution >= 0.6 is 7.60 Å². The van der Waals surface area contributed by atoms with Crippen molar-refractivity contribution in [3.63, 3.8) is 0 Å². The van der Waals surface area contributed by atoms with Crippen molar-refractivity contribution in [2.75, 3.05) is 0 Å². The summed E-state index contributed by atoms with van der Waals surface area (Å²) in [6.45, 7) is 2.53. The molecule has 0 amide bonds. The fraction of sp³-hybridized carbons (Fsp3) is 0.368. The van der Waals surface area contributed by atoms with E-state index in [2.05, 4.69) is 19.1 Å². The molecule has 4 atom stereocenters. The molecule has 3 aromatic carbocycles. The first-order valence-electron chi connectivity index (χ1n) is 15.9. The zero-order chi connectivity index (χ0) is 30.3. The summed E-state index contributed by atoms with van der Waals surface area (Å²) in [7, 11) is -3.68. The molecular formula is C38H39O5P. The van der Waals surface area contributed by atoms with Gasteiger partial charge < -0.3 is 9.05 Å². The number of carbonyl (C=O) groups is 2. The van der Waals surface area contributed by atoms with Gasteiger partial charge in [0.05, 0.1) is 18.5 Å². The summed E-state index contributed by atoms with van der Waals surface area (Å²) in [4.78, 5) is 25.7. The zero-order valence-corrected chi connectivity index (χ0v) is 26.1. The Hall–Kier alpha value is -3.37. The van der Waals surface area contributed by atoms with Crippen molar-refractivity contribution < 1.29 is 23.2 Å². The molecule has 0 saturated heterocycles. The first kappa shape index (κ1) is 29.3. The molecule has 4 aliphatic rings. The maximum Gasteiger partial charge on any atom is 0.361 e. The molecule has 7 rings (SSSR count). The number of rotatable bonds is 8. The molecule has 0 aliphatic heterocycles. The molecule has 0 aromatic heterocycles. The van der Waals surface area contributed by atoms with Crippen molar-refractivity contribution in [2.45, 2.75) is 71.0 Å². The monoisotopic (exact) mass is 606 g/mol. The predicted molar refractivity (Wildman–Crippen MR) is 171 cm³/mol. The lowest BCUT2D eigenvalue weighted by molar-refractivity contribution is -0.128. The van der Waals surface area contributed by atoms with Gasteiger partial charge >= 0.3 is 7.60 Å². The topological polar surface area (TPSA) is 69.7 Å². The van der Waals surface area contributed by atoms with Crippen molar-refractivity contribution in [3.8, 4) is 0 Å². The highest BCUT2D eigenvalue weighted by Gasteiger charge is 2.56. The van der Waals surface area contributed by atoms with Gasteiger partial charge in [-0.25, -0.2) is 0 Å². The second-order valence-corrected chi connectivity index (χ2v) is 15.1. The lowest BCUT2D eigenvalue weighted by Crippen LogP contribution is -2.43. The lowest BCUT2D eigenvalue weighted by atomic mass is 9.53. The Labute approximate surface area is 259 Å². The third kappa shape index (κ3) is 5.40. The molecule has 0 spiro atoms. The van der Waals surface area contributed by atoms with E-state index in [-0.39, 0.29) is 30.3 Å². The molecule has 5 nitrogen and oxygen atoms in total. The maximum atomic E-state index is 14.4. The molecule has 0 N–H and O–H groups in total. The first-order chi connectivity index (χ1) is 21.3. The summed E-state index contributed by atoms with van der Waals surface area (Å²) < 4.78 is 26.6. The van der Waals surface area contributed by atoms with E-state index in [0.717, 1.165) is 48.8 Å². The van der Waals surface area contributed by atoms with Crippen LogP contribution in [-0.4, -0.2) is 11.6 Å². The largest absolute Gasteiger partial charge is 0.361 e. The standard InChI is InChI=1S/C38H39O5P/c1-38-23-34(37-32-19-15-30(39)22-29(32)14-18-33(37)35(38)20-21-36(38)40)28-12-16-31(17-13-28)44(41,42-24-26-8-4-2-5-9-26)43-25-27-10-6-3-7-11-27/h2-13,16-17,22,33-35H,14-15,18-21,23-25H2,1H3/t33-,34+,35-,38-/m0/s1. The quantitative estimate of drug-likeness (QED) is 0.241. The van der Waals surface area contributed by atoms with E-state index in [4.69, 9.17) is 9.05 Å². The number of fused-ring (bicyclic) bond motifs is 4. The van der Waals surface area contributed by atoms with E-state index >= 15 is 0 Å². The van der Waals surface area contributed by atoms with Gasteiger partial charge in [-0.2, -0.15) is 0 Å². The van der Waals surface area contributed by atoms with Gasteiger partial charge in [0.25, 0.3) is 0 Å². The lowest BCUT2D eigenvalue weighted by Gasteiger charge is -2.50. The highest BCUT2D eigenvalue weighted by molar-refractivity contribution is 7.62. The fourth-order valence-electron chi connectivity index (χ4n) is 8.27. The molecular weight excluding hydrogens is 567 g/mol. The number of ketones is 2. The van der Waals surface area contributed by atoms with Crippen LogP contribution in [0.15, 0.2) is 108 Å². The SMILES string of the molecule is C[C@]12C[C@H](c3ccc(P(=O)(OCc4ccccc4)OCc4ccccc4)cc3)C3=C4CCC(=O)C=C4CC[C@H]3[C@@H]1CCC2=O. The average molecular weight is 607 g/mol. The third-order valence-electron chi connectivity index (χ3n) is 10.5. The second kappa shape index (κ2) is 11.9. The van der Waals surface area contributed by atoms with Gasteiger partial charge in [0.1, 0.15) is 5.78 Å². The summed E-state index contributed by atoms with van der Waals surface area (Å²) in [5.74, 6) is 1.42. The maximum absolute atomic E-state index is 14.4. The number of Topliss-reactive ketones (excluding diaryl/α,β-unsaturated/α-hetero) is 1. The molecule has 0 bridgehead atoms. The highest BCUT2D eigenvalue weighted by Crippen LogP contribution is 2.62. The van der Waals surface area contributed by atoms with Crippen LogP contribution in [0, 0.1) is 17.3 Å². The van der Waals surface area contributed by atoms with Gasteiger partial charge in [0.15, 0.2) is 5.78 Å². The molecule has 226 valence electrons. The van der Waals surface area contributed by atoms with Crippen molar-refractivity contribution in [3.05, 3.63) is 124 Å². The Morgan fingerprint density at radius 3 is 2.05 bits per heavy atom. The minimum Gasteiger partial charge on any atom is -0.300 e. The second-order valence-electron chi connectivity index (χ2n) is 13.1. The van der Waals surface area contributed by atoms with Crippen molar-refractivity contribution in [2.24, 2.45) is 17.3 Å². The van der Waals surface area contributed by atoms with Crippen LogP contribution in [0.3, 0.4) is 0 Å². The molecule has 3 aromatic rings. The summed E-state index contributed by atoms with van der Waals surface area (Å²) in [6.07, 6.45) is 7.53. The summed E-state index contributed by atoms with van der Waals surface area (Å²) >= 11 is 0. The van der Waals surface area contributed by atoms with E-state index in [1.54, 1.807) is 0 Å². The molecule has 2 fully saturated rings. The van der Waals surface area contributed by atoms with Crippen LogP contribution in [0.5, 0.6) is 0 Å². The van der Waals surface area contributed by atoms with Crippen LogP contribution in [0.2, 0.25) is 0 Å². The van der Waals surface area contributed by atoms with Gasteiger partial charge in [0.2, 0.25) is 0 Å². The van der Waals surface area contributed by atoms with Gasteiger partial charge in [0, 0.05) is 24.2 Å². The predicted octanol–water partition coefficient (Wildman–Crippen LogP) is 8.41. The molecule has 4 aliphatic carbocycles. The molecule has 0 unspecified atom stereocenters. The summed E-state index contributed by atoms with van der Waals surface area (Å²) in [6, 6.07) is 27.3. The van der Waals surface area contributed by atoms with Crippen LogP contribution in [0.4, 0.5) is 0 Å². The molecule has 0 radical (unpaired) electrons. The first-order valence-corrected chi connectivity index (χ1v) is 17.5. The van der Waals surface area contributed by atoms with Gasteiger partial charge in [-0.05, 0) is 90.0 Å². The summed E-state index contributed by atoms with van der Waals surface area (Å²) in [5.41, 5.74) is 6.64. The van der Waals surface area contributed by atoms with Crippen molar-refractivity contribution in [1.29, 1.82) is 0 Å². The van der Waals surface area contributed by atoms with Crippen LogP contribution in [-0.2, 0) is 36.4 Å². The average Bonchev–Trinajstić information content (AvgIpc) is 3.36. The Kier molecular flexibility index (Phi) is 7.91. The van der Waals surface area contributed by atoms with Crippen molar-refractivity contribution >= 4 is 24.5 Å². The normalized spacial score (nSPS) is 26.6. The number of hydrogen-bond acceptors (Lipinski definition) is 5. The fourth-order valence-corrected chi connectivity index (χ4v) is 9.80. The van der Waals surface area contributed by atoms with E-state index in [1.165, 1.54) is 16.7 Å². The van der Waals surface area contributed by atoms with E-state index in [9.17, 15) is 14.2 Å². The highest BCUT2D eigenvalue weighted by atomic mass is 31.2. The molecule has 44 heavy (non-hydrogen) atoms. The van der Waals surface area contributed by atoms with E-state index in [1.807, 2.05) is 78.9 Å². The number of benzene rings is 3. The Balaban J connectivity index is 1.23. The van der Waals surface area contributed by atoms with E-state index in [0.29, 0.717) is 35.8 Å². The van der Waals surface area contributed by atoms with Gasteiger partial charge in [-0.3, -0.25) is 14.2 Å². The van der Waals surface area contributed by atoms with Crippen LogP contribution in [0.25, 0.3) is 0 Å². The van der Waals surface area contributed by atoms with Crippen molar-refractivity contribution in [1.82, 2.24) is 0 Å². The van der Waals surface area contributed by atoms with Crippen LogP contribution in [0.1, 0.15) is 74.5 Å². The number of allylic oxidation sites excluding steroid dienone is 4.